The number of hydrogen-bond acceptors (Lipinski definition) is 5. The molecule has 4 aromatic carbocycles. The van der Waals surface area contributed by atoms with Gasteiger partial charge in [-0.1, -0.05) is 54.6 Å². The molecule has 0 saturated carbocycles. The maximum Gasteiger partial charge on any atom is 0.128 e. The average molecular weight is 456 g/mol. The number of aliphatic hydroxyl groups is 1. The van der Waals surface area contributed by atoms with Crippen LogP contribution in [-0.2, 0) is 0 Å². The van der Waals surface area contributed by atoms with Gasteiger partial charge in [-0.05, 0) is 72.1 Å². The molecule has 0 amide bonds. The van der Waals surface area contributed by atoms with Crippen molar-refractivity contribution in [3.63, 3.8) is 0 Å². The molecule has 0 radical (unpaired) electrons. The zero-order chi connectivity index (χ0) is 23.8. The van der Waals surface area contributed by atoms with Gasteiger partial charge in [-0.2, -0.15) is 0 Å². The van der Waals surface area contributed by atoms with Gasteiger partial charge in [0.25, 0.3) is 0 Å². The smallest absolute Gasteiger partial charge is 0.128 e. The minimum Gasteiger partial charge on any atom is -0.508 e. The summed E-state index contributed by atoms with van der Waals surface area (Å²) in [5.41, 5.74) is 2.90. The van der Waals surface area contributed by atoms with Crippen LogP contribution in [0.5, 0.6) is 23.0 Å². The molecule has 0 heterocycles. The normalized spacial score (nSPS) is 12.6. The molecule has 5 nitrogen and oxygen atoms in total. The molecule has 174 valence electrons. The van der Waals surface area contributed by atoms with Gasteiger partial charge in [0.05, 0.1) is 6.10 Å². The van der Waals surface area contributed by atoms with Crippen LogP contribution in [0.1, 0.15) is 18.6 Å². The lowest BCUT2D eigenvalue weighted by atomic mass is 10.0. The molecule has 2 atom stereocenters. The first-order valence-corrected chi connectivity index (χ1v) is 11.3. The fraction of sp³-hybridized carbons (Fsp3) is 0.172. The highest BCUT2D eigenvalue weighted by atomic mass is 16.5. The van der Waals surface area contributed by atoms with Crippen molar-refractivity contribution in [3.8, 4) is 34.1 Å². The van der Waals surface area contributed by atoms with Crippen molar-refractivity contribution in [1.29, 1.82) is 0 Å². The third kappa shape index (κ3) is 6.38. The number of aromatic hydroxyl groups is 1. The molecule has 0 spiro atoms. The predicted octanol–water partition coefficient (Wildman–Crippen LogP) is 5.94. The van der Waals surface area contributed by atoms with Crippen LogP contribution in [0.4, 0.5) is 0 Å². The van der Waals surface area contributed by atoms with Crippen LogP contribution >= 0.6 is 0 Å². The molecule has 3 N–H and O–H groups in total. The Morgan fingerprint density at radius 1 is 0.735 bits per heavy atom. The number of phenols is 1. The quantitative estimate of drug-likeness (QED) is 0.258. The highest BCUT2D eigenvalue weighted by Crippen LogP contribution is 2.28. The average Bonchev–Trinajstić information content (AvgIpc) is 2.88. The molecule has 0 unspecified atom stereocenters. The predicted molar refractivity (Wildman–Crippen MR) is 134 cm³/mol. The molecule has 0 bridgehead atoms. The topological polar surface area (TPSA) is 71.0 Å². The maximum absolute atomic E-state index is 10.4. The van der Waals surface area contributed by atoms with Gasteiger partial charge in [-0.15, -0.1) is 0 Å². The molecule has 0 aliphatic rings. The first-order valence-electron chi connectivity index (χ1n) is 11.3. The van der Waals surface area contributed by atoms with Crippen molar-refractivity contribution in [3.05, 3.63) is 109 Å². The molecule has 4 aromatic rings. The first kappa shape index (κ1) is 23.4. The van der Waals surface area contributed by atoms with Crippen LogP contribution < -0.4 is 14.8 Å². The molecule has 0 aromatic heterocycles. The fourth-order valence-electron chi connectivity index (χ4n) is 3.63. The summed E-state index contributed by atoms with van der Waals surface area (Å²) < 4.78 is 11.8. The van der Waals surface area contributed by atoms with Gasteiger partial charge in [0.2, 0.25) is 0 Å². The zero-order valence-corrected chi connectivity index (χ0v) is 19.1. The van der Waals surface area contributed by atoms with Gasteiger partial charge in [-0.3, -0.25) is 0 Å². The molecule has 34 heavy (non-hydrogen) atoms. The van der Waals surface area contributed by atoms with Crippen LogP contribution in [0.25, 0.3) is 11.1 Å². The Labute approximate surface area is 200 Å². The third-order valence-corrected chi connectivity index (χ3v) is 5.55. The monoisotopic (exact) mass is 455 g/mol. The van der Waals surface area contributed by atoms with Crippen molar-refractivity contribution in [2.45, 2.75) is 19.1 Å². The van der Waals surface area contributed by atoms with Crippen LogP contribution in [0.15, 0.2) is 103 Å². The van der Waals surface area contributed by atoms with Gasteiger partial charge in [0, 0.05) is 12.6 Å². The third-order valence-electron chi connectivity index (χ3n) is 5.55. The zero-order valence-electron chi connectivity index (χ0n) is 19.1. The Bertz CT molecular complexity index is 1160. The number of benzene rings is 4. The van der Waals surface area contributed by atoms with Crippen molar-refractivity contribution in [2.75, 3.05) is 13.2 Å². The molecule has 0 aliphatic carbocycles. The summed E-state index contributed by atoms with van der Waals surface area (Å²) >= 11 is 0. The Kier molecular flexibility index (Phi) is 7.81. The molecule has 0 fully saturated rings. The summed E-state index contributed by atoms with van der Waals surface area (Å²) in [4.78, 5) is 0. The van der Waals surface area contributed by atoms with Gasteiger partial charge in [0.15, 0.2) is 0 Å². The van der Waals surface area contributed by atoms with Gasteiger partial charge >= 0.3 is 0 Å². The number of para-hydroxylation sites is 1. The van der Waals surface area contributed by atoms with Crippen LogP contribution in [0.3, 0.4) is 0 Å². The minimum absolute atomic E-state index is 0.152. The van der Waals surface area contributed by atoms with E-state index >= 15 is 0 Å². The van der Waals surface area contributed by atoms with E-state index in [0.717, 1.165) is 33.9 Å². The van der Waals surface area contributed by atoms with E-state index < -0.39 is 6.10 Å². The highest BCUT2D eigenvalue weighted by molar-refractivity contribution is 5.66. The van der Waals surface area contributed by atoms with Gasteiger partial charge in [-0.25, -0.2) is 0 Å². The Balaban J connectivity index is 1.26. The molecular weight excluding hydrogens is 426 g/mol. The minimum atomic E-state index is -0.665. The van der Waals surface area contributed by atoms with E-state index in [1.807, 2.05) is 79.7 Å². The second-order valence-electron chi connectivity index (χ2n) is 8.09. The molecule has 5 heteroatoms. The van der Waals surface area contributed by atoms with Crippen molar-refractivity contribution in [2.24, 2.45) is 0 Å². The van der Waals surface area contributed by atoms with E-state index in [9.17, 15) is 10.2 Å². The second-order valence-corrected chi connectivity index (χ2v) is 8.09. The van der Waals surface area contributed by atoms with Crippen molar-refractivity contribution >= 4 is 0 Å². The lowest BCUT2D eigenvalue weighted by Gasteiger charge is -2.21. The lowest BCUT2D eigenvalue weighted by molar-refractivity contribution is 0.133. The Morgan fingerprint density at radius 2 is 1.44 bits per heavy atom. The Morgan fingerprint density at radius 3 is 2.18 bits per heavy atom. The van der Waals surface area contributed by atoms with E-state index in [-0.39, 0.29) is 11.8 Å². The van der Waals surface area contributed by atoms with Gasteiger partial charge in [0.1, 0.15) is 29.6 Å². The standard InChI is InChI=1S/C29H29NO4/c1-21(29(32)23-10-14-25(31)15-11-23)30-18-19-33-26-16-12-22(13-17-26)24-6-5-9-28(20-24)34-27-7-3-2-4-8-27/h2-17,20-21,29-32H,18-19H2,1H3/t21-,29-/m1/s1. The van der Waals surface area contributed by atoms with Crippen molar-refractivity contribution in [1.82, 2.24) is 5.32 Å². The van der Waals surface area contributed by atoms with Crippen LogP contribution in [-0.4, -0.2) is 29.4 Å². The SMILES string of the molecule is C[C@@H](NCCOc1ccc(-c2cccc(Oc3ccccc3)c2)cc1)[C@@H](O)c1ccc(O)cc1. The number of aliphatic hydroxyl groups excluding tert-OH is 1. The number of rotatable bonds is 10. The van der Waals surface area contributed by atoms with E-state index in [4.69, 9.17) is 9.47 Å². The maximum atomic E-state index is 10.4. The summed E-state index contributed by atoms with van der Waals surface area (Å²) in [6.07, 6.45) is -0.665. The first-order chi connectivity index (χ1) is 16.6. The molecule has 0 saturated heterocycles. The second kappa shape index (κ2) is 11.4. The summed E-state index contributed by atoms with van der Waals surface area (Å²) in [6, 6.07) is 32.1. The van der Waals surface area contributed by atoms with Crippen molar-refractivity contribution < 1.29 is 19.7 Å². The Hall–Kier alpha value is -3.80. The fourth-order valence-corrected chi connectivity index (χ4v) is 3.63. The lowest BCUT2D eigenvalue weighted by Crippen LogP contribution is -2.35. The summed E-state index contributed by atoms with van der Waals surface area (Å²) in [6.45, 7) is 2.99. The molecule has 0 aliphatic heterocycles. The van der Waals surface area contributed by atoms with Gasteiger partial charge < -0.3 is 25.0 Å². The number of nitrogens with one attached hydrogen (secondary N) is 1. The molecular formula is C29H29NO4. The van der Waals surface area contributed by atoms with Crippen LogP contribution in [0, 0.1) is 0 Å². The highest BCUT2D eigenvalue weighted by Gasteiger charge is 2.15. The number of ether oxygens (including phenoxy) is 2. The van der Waals surface area contributed by atoms with E-state index in [2.05, 4.69) is 11.4 Å². The summed E-state index contributed by atoms with van der Waals surface area (Å²) in [7, 11) is 0. The van der Waals surface area contributed by atoms with E-state index in [1.54, 1.807) is 24.3 Å². The largest absolute Gasteiger partial charge is 0.508 e. The number of hydrogen-bond donors (Lipinski definition) is 3. The summed E-state index contributed by atoms with van der Waals surface area (Å²) in [5, 5.41) is 23.1. The molecule has 4 rings (SSSR count). The summed E-state index contributed by atoms with van der Waals surface area (Å²) in [5.74, 6) is 2.57. The van der Waals surface area contributed by atoms with E-state index in [1.165, 1.54) is 0 Å². The number of phenolic OH excluding ortho intramolecular Hbond substituents is 1. The van der Waals surface area contributed by atoms with E-state index in [0.29, 0.717) is 13.2 Å². The van der Waals surface area contributed by atoms with Crippen LogP contribution in [0.2, 0.25) is 0 Å².